The molecule has 0 saturated carbocycles. The lowest BCUT2D eigenvalue weighted by Crippen LogP contribution is -1.96. The van der Waals surface area contributed by atoms with E-state index in [2.05, 4.69) is 212 Å². The Bertz CT molecular complexity index is 3640. The first-order chi connectivity index (χ1) is 33.2. The normalized spacial score (nSPS) is 11.3. The Balaban J connectivity index is 1.07. The van der Waals surface area contributed by atoms with Crippen molar-refractivity contribution in [3.63, 3.8) is 0 Å². The smallest absolute Gasteiger partial charge is 0.160 e. The highest BCUT2D eigenvalue weighted by Crippen LogP contribution is 2.48. The highest BCUT2D eigenvalue weighted by Gasteiger charge is 2.25. The van der Waals surface area contributed by atoms with Crippen LogP contribution in [0, 0.1) is 0 Å². The van der Waals surface area contributed by atoms with Gasteiger partial charge in [-0.05, 0) is 81.4 Å². The van der Waals surface area contributed by atoms with Crippen molar-refractivity contribution in [3.8, 4) is 101 Å². The fraction of sp³-hybridized carbons (Fsp3) is 0. The molecule has 3 aromatic heterocycles. The SMILES string of the molecule is c1ccc(-c2cccc(-c3cc(-c4ccc(-c5c(-c6cc(-c7ccccc7)cc(-c7ccccc7)c6)oc6c5c(-c5ccccc5)nc5ccccc56)cc4)nc(-c4ccccc4)n3)c2)cc1. The Morgan fingerprint density at radius 2 is 0.731 bits per heavy atom. The summed E-state index contributed by atoms with van der Waals surface area (Å²) >= 11 is 0. The molecule has 0 saturated heterocycles. The van der Waals surface area contributed by atoms with E-state index in [0.717, 1.165) is 117 Å². The minimum absolute atomic E-state index is 0.670. The van der Waals surface area contributed by atoms with Gasteiger partial charge in [0.25, 0.3) is 0 Å². The van der Waals surface area contributed by atoms with Gasteiger partial charge in [0.2, 0.25) is 0 Å². The summed E-state index contributed by atoms with van der Waals surface area (Å²) in [6.07, 6.45) is 0. The lowest BCUT2D eigenvalue weighted by atomic mass is 9.91. The molecule has 0 bridgehead atoms. The third-order valence-corrected chi connectivity index (χ3v) is 12.5. The van der Waals surface area contributed by atoms with E-state index in [1.54, 1.807) is 0 Å². The van der Waals surface area contributed by atoms with Crippen LogP contribution in [0.15, 0.2) is 253 Å². The summed E-state index contributed by atoms with van der Waals surface area (Å²) in [5, 5.41) is 1.93. The molecule has 0 fully saturated rings. The summed E-state index contributed by atoms with van der Waals surface area (Å²) in [5.74, 6) is 1.45. The minimum Gasteiger partial charge on any atom is -0.455 e. The fourth-order valence-corrected chi connectivity index (χ4v) is 9.18. The summed E-state index contributed by atoms with van der Waals surface area (Å²) in [5.41, 5.74) is 17.9. The van der Waals surface area contributed by atoms with Crippen molar-refractivity contribution >= 4 is 21.9 Å². The largest absolute Gasteiger partial charge is 0.455 e. The minimum atomic E-state index is 0.670. The van der Waals surface area contributed by atoms with Crippen molar-refractivity contribution < 1.29 is 4.42 Å². The van der Waals surface area contributed by atoms with Crippen molar-refractivity contribution in [1.82, 2.24) is 15.0 Å². The molecule has 0 aliphatic carbocycles. The van der Waals surface area contributed by atoms with E-state index < -0.39 is 0 Å². The van der Waals surface area contributed by atoms with Crippen LogP contribution in [0.4, 0.5) is 0 Å². The number of benzene rings is 9. The van der Waals surface area contributed by atoms with E-state index in [9.17, 15) is 0 Å². The predicted molar refractivity (Wildman–Crippen MR) is 276 cm³/mol. The van der Waals surface area contributed by atoms with Crippen molar-refractivity contribution in [2.75, 3.05) is 0 Å². The molecule has 67 heavy (non-hydrogen) atoms. The molecule has 0 radical (unpaired) electrons. The number of fused-ring (bicyclic) bond motifs is 3. The van der Waals surface area contributed by atoms with E-state index in [-0.39, 0.29) is 0 Å². The van der Waals surface area contributed by atoms with Crippen LogP contribution in [0.3, 0.4) is 0 Å². The second kappa shape index (κ2) is 17.2. The van der Waals surface area contributed by atoms with Crippen molar-refractivity contribution in [2.24, 2.45) is 0 Å². The maximum atomic E-state index is 7.32. The topological polar surface area (TPSA) is 51.8 Å². The number of aromatic nitrogens is 3. The second-order valence-electron chi connectivity index (χ2n) is 16.7. The number of furan rings is 1. The van der Waals surface area contributed by atoms with Gasteiger partial charge < -0.3 is 4.42 Å². The number of hydrogen-bond donors (Lipinski definition) is 0. The zero-order valence-electron chi connectivity index (χ0n) is 36.4. The number of para-hydroxylation sites is 1. The van der Waals surface area contributed by atoms with Crippen molar-refractivity contribution in [3.05, 3.63) is 249 Å². The molecule has 0 amide bonds. The van der Waals surface area contributed by atoms with E-state index in [0.29, 0.717) is 5.82 Å². The first-order valence-corrected chi connectivity index (χ1v) is 22.6. The molecule has 0 atom stereocenters. The van der Waals surface area contributed by atoms with Crippen LogP contribution in [0.5, 0.6) is 0 Å². The van der Waals surface area contributed by atoms with Gasteiger partial charge in [-0.3, -0.25) is 0 Å². The molecule has 3 heterocycles. The van der Waals surface area contributed by atoms with Crippen LogP contribution in [-0.2, 0) is 0 Å². The molecule has 0 aliphatic rings. The van der Waals surface area contributed by atoms with Gasteiger partial charge in [0, 0.05) is 38.8 Å². The molecule has 314 valence electrons. The fourth-order valence-electron chi connectivity index (χ4n) is 9.18. The summed E-state index contributed by atoms with van der Waals surface area (Å²) < 4.78 is 7.32. The van der Waals surface area contributed by atoms with Gasteiger partial charge >= 0.3 is 0 Å². The Kier molecular flexibility index (Phi) is 10.2. The molecule has 12 aromatic rings. The molecule has 0 aliphatic heterocycles. The maximum absolute atomic E-state index is 7.32. The monoisotopic (exact) mass is 855 g/mol. The van der Waals surface area contributed by atoms with Crippen LogP contribution >= 0.6 is 0 Å². The zero-order chi connectivity index (χ0) is 44.5. The van der Waals surface area contributed by atoms with Gasteiger partial charge in [0.1, 0.15) is 11.3 Å². The first kappa shape index (κ1) is 39.6. The average Bonchev–Trinajstić information content (AvgIpc) is 3.83. The van der Waals surface area contributed by atoms with Crippen LogP contribution in [0.25, 0.3) is 123 Å². The number of hydrogen-bond acceptors (Lipinski definition) is 4. The molecule has 0 unspecified atom stereocenters. The van der Waals surface area contributed by atoms with E-state index >= 15 is 0 Å². The van der Waals surface area contributed by atoms with E-state index in [1.165, 1.54) is 0 Å². The highest BCUT2D eigenvalue weighted by atomic mass is 16.3. The second-order valence-corrected chi connectivity index (χ2v) is 16.7. The Hall–Kier alpha value is -8.99. The quantitative estimate of drug-likeness (QED) is 0.145. The molecule has 12 rings (SSSR count). The summed E-state index contributed by atoms with van der Waals surface area (Å²) in [6, 6.07) is 86.8. The molecule has 0 spiro atoms. The Morgan fingerprint density at radius 3 is 1.34 bits per heavy atom. The van der Waals surface area contributed by atoms with Crippen LogP contribution in [0.2, 0.25) is 0 Å². The first-order valence-electron chi connectivity index (χ1n) is 22.6. The molecule has 0 N–H and O–H groups in total. The lowest BCUT2D eigenvalue weighted by Gasteiger charge is -2.13. The zero-order valence-corrected chi connectivity index (χ0v) is 36.4. The van der Waals surface area contributed by atoms with Crippen molar-refractivity contribution in [1.29, 1.82) is 0 Å². The van der Waals surface area contributed by atoms with Crippen LogP contribution in [-0.4, -0.2) is 15.0 Å². The third kappa shape index (κ3) is 7.67. The van der Waals surface area contributed by atoms with Gasteiger partial charge in [0.05, 0.1) is 28.0 Å². The lowest BCUT2D eigenvalue weighted by molar-refractivity contribution is 0.636. The Morgan fingerprint density at radius 1 is 0.284 bits per heavy atom. The third-order valence-electron chi connectivity index (χ3n) is 12.5. The number of rotatable bonds is 9. The summed E-state index contributed by atoms with van der Waals surface area (Å²) in [4.78, 5) is 15.8. The van der Waals surface area contributed by atoms with Gasteiger partial charge in [-0.15, -0.1) is 0 Å². The number of nitrogens with zero attached hydrogens (tertiary/aromatic N) is 3. The maximum Gasteiger partial charge on any atom is 0.160 e. The van der Waals surface area contributed by atoms with Gasteiger partial charge in [0.15, 0.2) is 5.82 Å². The molecule has 4 heteroatoms. The molecular formula is C63H41N3O. The summed E-state index contributed by atoms with van der Waals surface area (Å²) in [6.45, 7) is 0. The Labute approximate surface area is 389 Å². The molecule has 4 nitrogen and oxygen atoms in total. The number of pyridine rings is 1. The van der Waals surface area contributed by atoms with E-state index in [1.807, 2.05) is 36.4 Å². The molecule has 9 aromatic carbocycles. The van der Waals surface area contributed by atoms with E-state index in [4.69, 9.17) is 19.4 Å². The van der Waals surface area contributed by atoms with Crippen LogP contribution < -0.4 is 0 Å². The standard InChI is InChI=1S/C63H41N3O/c1-6-19-42(20-7-1)49-29-18-30-50(37-49)57-41-56(65-63(66-57)48-27-14-5-15-28-48)45-33-35-46(36-34-45)58-59-60(47-25-12-4-13-26-47)64-55-32-17-16-31-54(55)62(59)67-61(58)53-39-51(43-21-8-2-9-22-43)38-52(40-53)44-23-10-3-11-24-44/h1-41H. The molecular weight excluding hydrogens is 815 g/mol. The van der Waals surface area contributed by atoms with Crippen molar-refractivity contribution in [2.45, 2.75) is 0 Å². The average molecular weight is 856 g/mol. The summed E-state index contributed by atoms with van der Waals surface area (Å²) in [7, 11) is 0. The van der Waals surface area contributed by atoms with Gasteiger partial charge in [-0.25, -0.2) is 15.0 Å². The van der Waals surface area contributed by atoms with Gasteiger partial charge in [-0.2, -0.15) is 0 Å². The van der Waals surface area contributed by atoms with Gasteiger partial charge in [-0.1, -0.05) is 206 Å². The predicted octanol–water partition coefficient (Wildman–Crippen LogP) is 16.8. The highest BCUT2D eigenvalue weighted by molar-refractivity contribution is 6.17. The van der Waals surface area contributed by atoms with Crippen LogP contribution in [0.1, 0.15) is 0 Å².